The molecule has 40 heavy (non-hydrogen) atoms. The summed E-state index contributed by atoms with van der Waals surface area (Å²) in [4.78, 5) is 39.8. The molecule has 0 aromatic heterocycles. The van der Waals surface area contributed by atoms with Crippen molar-refractivity contribution in [2.45, 2.75) is 12.8 Å². The van der Waals surface area contributed by atoms with Gasteiger partial charge < -0.3 is 20.3 Å². The van der Waals surface area contributed by atoms with Crippen molar-refractivity contribution in [2.24, 2.45) is 5.92 Å². The fourth-order valence-corrected chi connectivity index (χ4v) is 4.44. The first-order chi connectivity index (χ1) is 19.3. The van der Waals surface area contributed by atoms with Crippen LogP contribution >= 0.6 is 0 Å². The molecule has 1 aliphatic rings. The van der Waals surface area contributed by atoms with E-state index in [2.05, 4.69) is 22.5 Å². The van der Waals surface area contributed by atoms with Gasteiger partial charge in [0.25, 0.3) is 11.8 Å². The second-order valence-corrected chi connectivity index (χ2v) is 9.25. The van der Waals surface area contributed by atoms with Gasteiger partial charge in [-0.05, 0) is 67.4 Å². The van der Waals surface area contributed by atoms with Crippen molar-refractivity contribution in [1.82, 2.24) is 4.90 Å². The summed E-state index contributed by atoms with van der Waals surface area (Å²) in [7, 11) is 1.39. The third-order valence-corrected chi connectivity index (χ3v) is 6.75. The number of hydrogen-bond donors (Lipinski definition) is 3. The molecule has 0 aliphatic carbocycles. The minimum atomic E-state index is -0.444. The normalized spacial score (nSPS) is 12.9. The van der Waals surface area contributed by atoms with Crippen LogP contribution in [0.1, 0.15) is 50.2 Å². The molecule has 1 heterocycles. The summed E-state index contributed by atoms with van der Waals surface area (Å²) < 4.78 is 4.83. The summed E-state index contributed by atoms with van der Waals surface area (Å²) in [6.45, 7) is 1.15. The van der Waals surface area contributed by atoms with Gasteiger partial charge in [-0.3, -0.25) is 19.8 Å². The molecule has 4 rings (SSSR count). The highest BCUT2D eigenvalue weighted by molar-refractivity contribution is 6.13. The summed E-state index contributed by atoms with van der Waals surface area (Å²) in [5, 5.41) is 14.2. The van der Waals surface area contributed by atoms with Gasteiger partial charge in [0.15, 0.2) is 0 Å². The molecular weight excluding hydrogens is 504 g/mol. The standard InChI is InChI=1S/C32H28N4O4/c1-4-21-6-13-26(14-7-21)34-31(38)27-20-22(5-2)8-15-28(27)35-30(37)24-11-9-23(10-12-24)29(33)36-18-16-25(17-19-36)32(39)40-3/h1-2,6-15,20,25,33H,16-19H2,3H3,(H,34,38)(H,35,37). The average molecular weight is 533 g/mol. The highest BCUT2D eigenvalue weighted by Gasteiger charge is 2.27. The van der Waals surface area contributed by atoms with Crippen LogP contribution in [0.2, 0.25) is 0 Å². The summed E-state index contributed by atoms with van der Waals surface area (Å²) in [5.74, 6) is 4.14. The number of ether oxygens (including phenoxy) is 1. The minimum Gasteiger partial charge on any atom is -0.469 e. The maximum Gasteiger partial charge on any atom is 0.308 e. The largest absolute Gasteiger partial charge is 0.469 e. The zero-order valence-electron chi connectivity index (χ0n) is 22.0. The summed E-state index contributed by atoms with van der Waals surface area (Å²) >= 11 is 0. The Morgan fingerprint density at radius 1 is 0.850 bits per heavy atom. The van der Waals surface area contributed by atoms with Crippen LogP contribution in [0.4, 0.5) is 11.4 Å². The van der Waals surface area contributed by atoms with Crippen LogP contribution in [0.15, 0.2) is 66.7 Å². The summed E-state index contributed by atoms with van der Waals surface area (Å²) in [6.07, 6.45) is 12.2. The number of amides is 2. The number of carbonyl (C=O) groups excluding carboxylic acids is 3. The molecule has 0 spiro atoms. The van der Waals surface area contributed by atoms with E-state index in [1.165, 1.54) is 13.2 Å². The minimum absolute atomic E-state index is 0.143. The first-order valence-corrected chi connectivity index (χ1v) is 12.6. The molecule has 0 saturated carbocycles. The van der Waals surface area contributed by atoms with E-state index < -0.39 is 11.8 Å². The number of anilines is 2. The molecule has 0 unspecified atom stereocenters. The predicted molar refractivity (Wildman–Crippen MR) is 154 cm³/mol. The number of benzene rings is 3. The van der Waals surface area contributed by atoms with Crippen LogP contribution in [0.3, 0.4) is 0 Å². The van der Waals surface area contributed by atoms with Gasteiger partial charge in [-0.15, -0.1) is 12.8 Å². The molecule has 8 heteroatoms. The predicted octanol–water partition coefficient (Wildman–Crippen LogP) is 4.36. The molecular formula is C32H28N4O4. The first-order valence-electron chi connectivity index (χ1n) is 12.6. The number of nitrogens with zero attached hydrogens (tertiary/aromatic N) is 1. The number of methoxy groups -OCH3 is 1. The van der Waals surface area contributed by atoms with Crippen LogP contribution in [-0.2, 0) is 9.53 Å². The molecule has 1 fully saturated rings. The zero-order valence-corrected chi connectivity index (χ0v) is 22.0. The van der Waals surface area contributed by atoms with E-state index in [1.807, 2.05) is 4.90 Å². The number of esters is 1. The Morgan fingerprint density at radius 3 is 2.05 bits per heavy atom. The average Bonchev–Trinajstić information content (AvgIpc) is 3.00. The number of nitrogens with one attached hydrogen (secondary N) is 3. The molecule has 0 atom stereocenters. The maximum absolute atomic E-state index is 13.1. The van der Waals surface area contributed by atoms with E-state index in [-0.39, 0.29) is 17.5 Å². The first kappa shape index (κ1) is 27.7. The maximum atomic E-state index is 13.1. The number of likely N-dealkylation sites (tertiary alicyclic amines) is 1. The number of terminal acetylenes is 2. The van der Waals surface area contributed by atoms with Crippen LogP contribution < -0.4 is 10.6 Å². The monoisotopic (exact) mass is 532 g/mol. The molecule has 1 aliphatic heterocycles. The van der Waals surface area contributed by atoms with Gasteiger partial charge in [0.2, 0.25) is 0 Å². The highest BCUT2D eigenvalue weighted by Crippen LogP contribution is 2.23. The Labute approximate surface area is 233 Å². The lowest BCUT2D eigenvalue weighted by atomic mass is 9.96. The van der Waals surface area contributed by atoms with Crippen molar-refractivity contribution in [1.29, 1.82) is 5.41 Å². The molecule has 1 saturated heterocycles. The lowest BCUT2D eigenvalue weighted by Gasteiger charge is -2.32. The van der Waals surface area contributed by atoms with Crippen molar-refractivity contribution in [2.75, 3.05) is 30.8 Å². The van der Waals surface area contributed by atoms with Gasteiger partial charge in [-0.1, -0.05) is 24.0 Å². The van der Waals surface area contributed by atoms with Gasteiger partial charge in [-0.2, -0.15) is 0 Å². The van der Waals surface area contributed by atoms with Crippen molar-refractivity contribution >= 4 is 35.0 Å². The van der Waals surface area contributed by atoms with Gasteiger partial charge in [0.1, 0.15) is 5.84 Å². The smallest absolute Gasteiger partial charge is 0.308 e. The van der Waals surface area contributed by atoms with Crippen molar-refractivity contribution in [3.63, 3.8) is 0 Å². The van der Waals surface area contributed by atoms with E-state index in [9.17, 15) is 14.4 Å². The second kappa shape index (κ2) is 12.5. The Morgan fingerprint density at radius 2 is 1.45 bits per heavy atom. The molecule has 2 amide bonds. The Hall–Kier alpha value is -5.34. The van der Waals surface area contributed by atoms with Gasteiger partial charge in [0, 0.05) is 41.0 Å². The van der Waals surface area contributed by atoms with Crippen molar-refractivity contribution < 1.29 is 19.1 Å². The lowest BCUT2D eigenvalue weighted by molar-refractivity contribution is -0.146. The zero-order chi connectivity index (χ0) is 28.6. The Bertz CT molecular complexity index is 1520. The third-order valence-electron chi connectivity index (χ3n) is 6.75. The van der Waals surface area contributed by atoms with Gasteiger partial charge in [0.05, 0.1) is 24.3 Å². The molecule has 200 valence electrons. The van der Waals surface area contributed by atoms with E-state index in [0.29, 0.717) is 65.4 Å². The Balaban J connectivity index is 1.44. The number of hydrogen-bond acceptors (Lipinski definition) is 5. The van der Waals surface area contributed by atoms with Crippen LogP contribution in [0.5, 0.6) is 0 Å². The molecule has 3 aromatic rings. The fraction of sp³-hybridized carbons (Fsp3) is 0.188. The number of piperidine rings is 1. The SMILES string of the molecule is C#Cc1ccc(NC(=O)c2cc(C#C)ccc2NC(=O)c2ccc(C(=N)N3CCC(C(=O)OC)CC3)cc2)cc1. The Kier molecular flexibility index (Phi) is 8.63. The van der Waals surface area contributed by atoms with E-state index in [1.54, 1.807) is 60.7 Å². The highest BCUT2D eigenvalue weighted by atomic mass is 16.5. The van der Waals surface area contributed by atoms with E-state index >= 15 is 0 Å². The number of rotatable bonds is 6. The van der Waals surface area contributed by atoms with Gasteiger partial charge >= 0.3 is 5.97 Å². The molecule has 8 nitrogen and oxygen atoms in total. The molecule has 3 N–H and O–H groups in total. The number of carbonyl (C=O) groups is 3. The number of amidine groups is 1. The summed E-state index contributed by atoms with van der Waals surface area (Å²) in [6, 6.07) is 18.2. The van der Waals surface area contributed by atoms with E-state index in [4.69, 9.17) is 23.0 Å². The van der Waals surface area contributed by atoms with Gasteiger partial charge in [-0.25, -0.2) is 0 Å². The quantitative estimate of drug-likeness (QED) is 0.189. The van der Waals surface area contributed by atoms with Crippen LogP contribution in [0.25, 0.3) is 0 Å². The third kappa shape index (κ3) is 6.38. The van der Waals surface area contributed by atoms with Crippen molar-refractivity contribution in [3.05, 3.63) is 94.5 Å². The molecule has 0 radical (unpaired) electrons. The second-order valence-electron chi connectivity index (χ2n) is 9.25. The topological polar surface area (TPSA) is 112 Å². The van der Waals surface area contributed by atoms with E-state index in [0.717, 1.165) is 0 Å². The van der Waals surface area contributed by atoms with Crippen LogP contribution in [-0.4, -0.2) is 48.7 Å². The van der Waals surface area contributed by atoms with Crippen molar-refractivity contribution in [3.8, 4) is 24.7 Å². The lowest BCUT2D eigenvalue weighted by Crippen LogP contribution is -2.40. The summed E-state index contributed by atoms with van der Waals surface area (Å²) in [5.41, 5.74) is 3.24. The molecule has 3 aromatic carbocycles. The van der Waals surface area contributed by atoms with Crippen LogP contribution in [0, 0.1) is 36.0 Å². The fourth-order valence-electron chi connectivity index (χ4n) is 4.44. The molecule has 0 bridgehead atoms.